The molecule has 3 aromatic heterocycles. The van der Waals surface area contributed by atoms with Crippen molar-refractivity contribution in [2.75, 3.05) is 18.6 Å². The molecule has 1 amide bonds. The first-order chi connectivity index (χ1) is 11.1. The maximum absolute atomic E-state index is 12.2. The van der Waals surface area contributed by atoms with Gasteiger partial charge in [0.2, 0.25) is 11.1 Å². The van der Waals surface area contributed by atoms with Crippen LogP contribution in [0.5, 0.6) is 0 Å². The van der Waals surface area contributed by atoms with Crippen LogP contribution in [-0.2, 0) is 11.3 Å². The lowest BCUT2D eigenvalue weighted by Gasteiger charge is -2.15. The number of hydrogen-bond acceptors (Lipinski definition) is 7. The molecule has 0 saturated heterocycles. The number of nitrogens with two attached hydrogens (primary N) is 1. The van der Waals surface area contributed by atoms with E-state index in [2.05, 4.69) is 10.2 Å². The molecular formula is C14H15N5OS3. The minimum Gasteiger partial charge on any atom is -0.340 e. The molecule has 0 atom stereocenters. The van der Waals surface area contributed by atoms with Gasteiger partial charge in [-0.05, 0) is 22.9 Å². The van der Waals surface area contributed by atoms with Gasteiger partial charge in [-0.2, -0.15) is 0 Å². The highest BCUT2D eigenvalue weighted by Gasteiger charge is 2.16. The van der Waals surface area contributed by atoms with E-state index in [1.807, 2.05) is 35.0 Å². The van der Waals surface area contributed by atoms with Gasteiger partial charge in [-0.3, -0.25) is 4.79 Å². The summed E-state index contributed by atoms with van der Waals surface area (Å²) in [7, 11) is 1.80. The van der Waals surface area contributed by atoms with E-state index in [0.717, 1.165) is 9.75 Å². The first kappa shape index (κ1) is 16.0. The third-order valence-electron chi connectivity index (χ3n) is 3.13. The fraction of sp³-hybridized carbons (Fsp3) is 0.214. The van der Waals surface area contributed by atoms with E-state index in [4.69, 9.17) is 5.84 Å². The smallest absolute Gasteiger partial charge is 0.233 e. The molecule has 0 saturated carbocycles. The van der Waals surface area contributed by atoms with Crippen LogP contribution in [0.15, 0.2) is 40.2 Å². The molecule has 0 aliphatic carbocycles. The molecule has 23 heavy (non-hydrogen) atoms. The van der Waals surface area contributed by atoms with Gasteiger partial charge in [0, 0.05) is 11.9 Å². The van der Waals surface area contributed by atoms with Crippen LogP contribution in [-0.4, -0.2) is 38.5 Å². The van der Waals surface area contributed by atoms with Crippen molar-refractivity contribution in [2.24, 2.45) is 0 Å². The summed E-state index contributed by atoms with van der Waals surface area (Å²) < 4.78 is 1.43. The summed E-state index contributed by atoms with van der Waals surface area (Å²) in [4.78, 5) is 16.0. The van der Waals surface area contributed by atoms with Gasteiger partial charge in [0.25, 0.3) is 0 Å². The molecule has 120 valence electrons. The zero-order valence-electron chi connectivity index (χ0n) is 12.4. The van der Waals surface area contributed by atoms with Crippen molar-refractivity contribution >= 4 is 40.3 Å². The quantitative estimate of drug-likeness (QED) is 0.536. The Morgan fingerprint density at radius 3 is 2.78 bits per heavy atom. The number of nitrogen functional groups attached to an aromatic ring is 1. The van der Waals surface area contributed by atoms with E-state index >= 15 is 0 Å². The lowest BCUT2D eigenvalue weighted by molar-refractivity contribution is -0.127. The third kappa shape index (κ3) is 3.74. The van der Waals surface area contributed by atoms with Crippen molar-refractivity contribution in [3.63, 3.8) is 0 Å². The topological polar surface area (TPSA) is 77.0 Å². The van der Waals surface area contributed by atoms with Crippen LogP contribution < -0.4 is 5.84 Å². The molecule has 2 N–H and O–H groups in total. The van der Waals surface area contributed by atoms with Gasteiger partial charge in [-0.1, -0.05) is 23.9 Å². The van der Waals surface area contributed by atoms with E-state index in [0.29, 0.717) is 17.5 Å². The second-order valence-electron chi connectivity index (χ2n) is 4.77. The number of aromatic nitrogens is 3. The normalized spacial score (nSPS) is 10.8. The zero-order chi connectivity index (χ0) is 16.2. The van der Waals surface area contributed by atoms with Gasteiger partial charge < -0.3 is 10.7 Å². The standard InChI is InChI=1S/C14H15N5OS3/c1-18(8-10-4-2-6-21-10)12(20)9-23-14-17-16-13(19(14)15)11-5-3-7-22-11/h2-7H,8-9,15H2,1H3. The van der Waals surface area contributed by atoms with E-state index in [-0.39, 0.29) is 11.7 Å². The molecule has 3 heterocycles. The molecule has 0 unspecified atom stereocenters. The first-order valence-electron chi connectivity index (χ1n) is 6.78. The van der Waals surface area contributed by atoms with Crippen molar-refractivity contribution < 1.29 is 4.79 Å². The average molecular weight is 366 g/mol. The number of amides is 1. The predicted octanol–water partition coefficient (Wildman–Crippen LogP) is 2.53. The Kier molecular flexibility index (Phi) is 4.99. The molecule has 3 rings (SSSR count). The van der Waals surface area contributed by atoms with Gasteiger partial charge in [-0.15, -0.1) is 32.9 Å². The lowest BCUT2D eigenvalue weighted by atomic mass is 10.4. The molecule has 0 bridgehead atoms. The van der Waals surface area contributed by atoms with Crippen molar-refractivity contribution in [2.45, 2.75) is 11.7 Å². The Bertz CT molecular complexity index is 767. The monoisotopic (exact) mass is 365 g/mol. The Morgan fingerprint density at radius 1 is 1.30 bits per heavy atom. The summed E-state index contributed by atoms with van der Waals surface area (Å²) in [5.41, 5.74) is 0. The molecule has 0 aliphatic rings. The van der Waals surface area contributed by atoms with Crippen LogP contribution in [0.25, 0.3) is 10.7 Å². The highest BCUT2D eigenvalue weighted by atomic mass is 32.2. The van der Waals surface area contributed by atoms with Crippen molar-refractivity contribution in [3.05, 3.63) is 39.9 Å². The number of carbonyl (C=O) groups excluding carboxylic acids is 1. The van der Waals surface area contributed by atoms with E-state index in [9.17, 15) is 4.79 Å². The van der Waals surface area contributed by atoms with Gasteiger partial charge in [-0.25, -0.2) is 4.68 Å². The van der Waals surface area contributed by atoms with Crippen molar-refractivity contribution in [3.8, 4) is 10.7 Å². The number of nitrogens with zero attached hydrogens (tertiary/aromatic N) is 4. The van der Waals surface area contributed by atoms with Crippen LogP contribution in [0.4, 0.5) is 0 Å². The molecule has 0 radical (unpaired) electrons. The summed E-state index contributed by atoms with van der Waals surface area (Å²) in [6, 6.07) is 7.87. The van der Waals surface area contributed by atoms with Gasteiger partial charge in [0.15, 0.2) is 5.82 Å². The van der Waals surface area contributed by atoms with Crippen LogP contribution in [0.3, 0.4) is 0 Å². The Balaban J connectivity index is 1.59. The largest absolute Gasteiger partial charge is 0.340 e. The SMILES string of the molecule is CN(Cc1cccs1)C(=O)CSc1nnc(-c2cccs2)n1N. The Hall–Kier alpha value is -1.84. The van der Waals surface area contributed by atoms with Crippen LogP contribution in [0.1, 0.15) is 4.88 Å². The summed E-state index contributed by atoms with van der Waals surface area (Å²) in [6.45, 7) is 0.618. The lowest BCUT2D eigenvalue weighted by Crippen LogP contribution is -2.27. The first-order valence-corrected chi connectivity index (χ1v) is 9.53. The molecule has 0 aromatic carbocycles. The fourth-order valence-corrected chi connectivity index (χ4v) is 4.17. The van der Waals surface area contributed by atoms with E-state index < -0.39 is 0 Å². The Morgan fingerprint density at radius 2 is 2.09 bits per heavy atom. The van der Waals surface area contributed by atoms with E-state index in [1.165, 1.54) is 16.4 Å². The second kappa shape index (κ2) is 7.16. The van der Waals surface area contributed by atoms with E-state index in [1.54, 1.807) is 34.6 Å². The van der Waals surface area contributed by atoms with Crippen LogP contribution in [0.2, 0.25) is 0 Å². The number of thioether (sulfide) groups is 1. The molecular weight excluding hydrogens is 350 g/mol. The number of rotatable bonds is 6. The molecule has 3 aromatic rings. The molecule has 6 nitrogen and oxygen atoms in total. The molecule has 0 aliphatic heterocycles. The highest BCUT2D eigenvalue weighted by molar-refractivity contribution is 7.99. The molecule has 0 fully saturated rings. The van der Waals surface area contributed by atoms with Crippen LogP contribution in [0, 0.1) is 0 Å². The number of carbonyl (C=O) groups is 1. The highest BCUT2D eigenvalue weighted by Crippen LogP contribution is 2.25. The summed E-state index contributed by atoms with van der Waals surface area (Å²) in [6.07, 6.45) is 0. The second-order valence-corrected chi connectivity index (χ2v) is 7.69. The van der Waals surface area contributed by atoms with Gasteiger partial charge in [0.1, 0.15) is 0 Å². The maximum Gasteiger partial charge on any atom is 0.233 e. The van der Waals surface area contributed by atoms with Crippen LogP contribution >= 0.6 is 34.4 Å². The van der Waals surface area contributed by atoms with Crippen molar-refractivity contribution in [1.29, 1.82) is 0 Å². The zero-order valence-corrected chi connectivity index (χ0v) is 14.8. The number of thiophene rings is 2. The summed E-state index contributed by atoms with van der Waals surface area (Å²) in [5, 5.41) is 12.7. The molecule has 9 heteroatoms. The maximum atomic E-state index is 12.2. The minimum absolute atomic E-state index is 0.0315. The van der Waals surface area contributed by atoms with Crippen molar-refractivity contribution in [1.82, 2.24) is 19.8 Å². The predicted molar refractivity (Wildman–Crippen MR) is 95.0 cm³/mol. The van der Waals surface area contributed by atoms with Gasteiger partial charge in [0.05, 0.1) is 17.2 Å². The summed E-state index contributed by atoms with van der Waals surface area (Å²) in [5.74, 6) is 6.94. The third-order valence-corrected chi connectivity index (χ3v) is 5.78. The molecule has 0 spiro atoms. The average Bonchev–Trinajstić information content (AvgIpc) is 3.26. The fourth-order valence-electron chi connectivity index (χ4n) is 1.91. The van der Waals surface area contributed by atoms with Gasteiger partial charge >= 0.3 is 0 Å². The minimum atomic E-state index is 0.0315. The Labute approximate surface area is 145 Å². The number of hydrogen-bond donors (Lipinski definition) is 1. The summed E-state index contributed by atoms with van der Waals surface area (Å²) >= 11 is 4.49.